The van der Waals surface area contributed by atoms with E-state index in [2.05, 4.69) is 4.72 Å². The third kappa shape index (κ3) is 3.13. The zero-order chi connectivity index (χ0) is 13.9. The summed E-state index contributed by atoms with van der Waals surface area (Å²) in [7, 11) is -2.25. The molecule has 1 aliphatic carbocycles. The number of rotatable bonds is 4. The van der Waals surface area contributed by atoms with Crippen molar-refractivity contribution in [2.24, 2.45) is 5.92 Å². The summed E-state index contributed by atoms with van der Waals surface area (Å²) >= 11 is 0. The molecule has 2 rings (SSSR count). The fourth-order valence-corrected chi connectivity index (χ4v) is 3.73. The lowest BCUT2D eigenvalue weighted by molar-refractivity contribution is -0.145. The summed E-state index contributed by atoms with van der Waals surface area (Å²) in [5, 5.41) is 0. The number of esters is 1. The van der Waals surface area contributed by atoms with Gasteiger partial charge in [0.25, 0.3) is 0 Å². The van der Waals surface area contributed by atoms with E-state index in [4.69, 9.17) is 4.74 Å². The van der Waals surface area contributed by atoms with Crippen LogP contribution in [-0.2, 0) is 19.6 Å². The molecule has 1 aromatic rings. The number of carbonyl (C=O) groups excluding carboxylic acids is 1. The van der Waals surface area contributed by atoms with Crippen LogP contribution >= 0.6 is 0 Å². The van der Waals surface area contributed by atoms with E-state index in [0.717, 1.165) is 6.42 Å². The molecule has 104 valence electrons. The second kappa shape index (κ2) is 5.71. The van der Waals surface area contributed by atoms with E-state index in [1.165, 1.54) is 19.2 Å². The Bertz CT molecular complexity index is 541. The maximum atomic E-state index is 12.2. The first kappa shape index (κ1) is 14.0. The number of methoxy groups -OCH3 is 1. The van der Waals surface area contributed by atoms with E-state index in [-0.39, 0.29) is 22.8 Å². The second-order valence-electron chi connectivity index (χ2n) is 4.60. The van der Waals surface area contributed by atoms with Gasteiger partial charge in [0.2, 0.25) is 10.0 Å². The lowest BCUT2D eigenvalue weighted by Crippen LogP contribution is -2.40. The van der Waals surface area contributed by atoms with Gasteiger partial charge in [0, 0.05) is 6.04 Å². The largest absolute Gasteiger partial charge is 0.469 e. The second-order valence-corrected chi connectivity index (χ2v) is 6.32. The molecule has 0 heterocycles. The van der Waals surface area contributed by atoms with Crippen molar-refractivity contribution < 1.29 is 17.9 Å². The molecular weight excluding hydrogens is 266 g/mol. The molecule has 1 saturated carbocycles. The molecule has 1 aliphatic rings. The molecule has 0 radical (unpaired) electrons. The van der Waals surface area contributed by atoms with Crippen LogP contribution in [0.15, 0.2) is 35.2 Å². The first-order valence-corrected chi connectivity index (χ1v) is 7.68. The van der Waals surface area contributed by atoms with Gasteiger partial charge in [-0.25, -0.2) is 13.1 Å². The van der Waals surface area contributed by atoms with Gasteiger partial charge in [-0.05, 0) is 25.0 Å². The highest BCUT2D eigenvalue weighted by atomic mass is 32.2. The van der Waals surface area contributed by atoms with Crippen molar-refractivity contribution in [3.05, 3.63) is 30.3 Å². The van der Waals surface area contributed by atoms with Gasteiger partial charge >= 0.3 is 5.97 Å². The summed E-state index contributed by atoms with van der Waals surface area (Å²) in [6.07, 6.45) is 2.14. The topological polar surface area (TPSA) is 72.5 Å². The number of hydrogen-bond donors (Lipinski definition) is 1. The van der Waals surface area contributed by atoms with E-state index in [1.54, 1.807) is 18.2 Å². The lowest BCUT2D eigenvalue weighted by Gasteiger charge is -2.18. The molecular formula is C13H17NO4S. The zero-order valence-electron chi connectivity index (χ0n) is 10.7. The Kier molecular flexibility index (Phi) is 4.21. The molecule has 6 heteroatoms. The van der Waals surface area contributed by atoms with Gasteiger partial charge in [-0.3, -0.25) is 4.79 Å². The molecule has 1 aromatic carbocycles. The Morgan fingerprint density at radius 3 is 2.58 bits per heavy atom. The third-order valence-corrected chi connectivity index (χ3v) is 4.89. The Morgan fingerprint density at radius 2 is 1.95 bits per heavy atom. The lowest BCUT2D eigenvalue weighted by atomic mass is 10.1. The van der Waals surface area contributed by atoms with Crippen LogP contribution in [0.1, 0.15) is 19.3 Å². The molecule has 0 amide bonds. The van der Waals surface area contributed by atoms with Crippen LogP contribution < -0.4 is 4.72 Å². The molecule has 0 aliphatic heterocycles. The molecule has 0 unspecified atom stereocenters. The van der Waals surface area contributed by atoms with Crippen molar-refractivity contribution in [2.75, 3.05) is 7.11 Å². The van der Waals surface area contributed by atoms with E-state index in [1.807, 2.05) is 0 Å². The van der Waals surface area contributed by atoms with Gasteiger partial charge in [-0.2, -0.15) is 0 Å². The average Bonchev–Trinajstić information content (AvgIpc) is 2.86. The predicted octanol–water partition coefficient (Wildman–Crippen LogP) is 1.31. The normalized spacial score (nSPS) is 23.2. The first-order valence-electron chi connectivity index (χ1n) is 6.20. The van der Waals surface area contributed by atoms with Gasteiger partial charge in [0.05, 0.1) is 17.9 Å². The minimum absolute atomic E-state index is 0.213. The first-order chi connectivity index (χ1) is 9.04. The van der Waals surface area contributed by atoms with Crippen LogP contribution in [0.5, 0.6) is 0 Å². The Labute approximate surface area is 113 Å². The highest BCUT2D eigenvalue weighted by molar-refractivity contribution is 7.89. The molecule has 19 heavy (non-hydrogen) atoms. The van der Waals surface area contributed by atoms with Crippen molar-refractivity contribution in [2.45, 2.75) is 30.2 Å². The van der Waals surface area contributed by atoms with Gasteiger partial charge in [0.1, 0.15) is 0 Å². The van der Waals surface area contributed by atoms with Crippen molar-refractivity contribution >= 4 is 16.0 Å². The molecule has 0 aromatic heterocycles. The van der Waals surface area contributed by atoms with Crippen LogP contribution in [0.3, 0.4) is 0 Å². The van der Waals surface area contributed by atoms with Crippen molar-refractivity contribution in [1.29, 1.82) is 0 Å². The van der Waals surface area contributed by atoms with Gasteiger partial charge in [-0.1, -0.05) is 24.6 Å². The van der Waals surface area contributed by atoms with Crippen LogP contribution in [0.2, 0.25) is 0 Å². The van der Waals surface area contributed by atoms with Gasteiger partial charge in [-0.15, -0.1) is 0 Å². The third-order valence-electron chi connectivity index (χ3n) is 3.38. The number of benzene rings is 1. The SMILES string of the molecule is COC(=O)[C@H]1CCC[C@H]1NS(=O)(=O)c1ccccc1. The maximum Gasteiger partial charge on any atom is 0.310 e. The summed E-state index contributed by atoms with van der Waals surface area (Å²) in [5.41, 5.74) is 0. The van der Waals surface area contributed by atoms with Crippen LogP contribution in [0.25, 0.3) is 0 Å². The summed E-state index contributed by atoms with van der Waals surface area (Å²) in [5.74, 6) is -0.734. The fourth-order valence-electron chi connectivity index (χ4n) is 2.40. The minimum atomic E-state index is -3.58. The number of carbonyl (C=O) groups is 1. The van der Waals surface area contributed by atoms with Crippen LogP contribution in [0.4, 0.5) is 0 Å². The Morgan fingerprint density at radius 1 is 1.26 bits per heavy atom. The number of ether oxygens (including phenoxy) is 1. The average molecular weight is 283 g/mol. The van der Waals surface area contributed by atoms with Gasteiger partial charge in [0.15, 0.2) is 0 Å². The van der Waals surface area contributed by atoms with E-state index in [0.29, 0.717) is 12.8 Å². The van der Waals surface area contributed by atoms with Crippen molar-refractivity contribution in [3.63, 3.8) is 0 Å². The van der Waals surface area contributed by atoms with Crippen LogP contribution in [0, 0.1) is 5.92 Å². The quantitative estimate of drug-likeness (QED) is 0.846. The molecule has 0 spiro atoms. The molecule has 0 saturated heterocycles. The number of nitrogens with one attached hydrogen (secondary N) is 1. The highest BCUT2D eigenvalue weighted by Gasteiger charge is 2.36. The summed E-state index contributed by atoms with van der Waals surface area (Å²) in [6, 6.07) is 7.78. The molecule has 5 nitrogen and oxygen atoms in total. The van der Waals surface area contributed by atoms with Crippen molar-refractivity contribution in [3.8, 4) is 0 Å². The molecule has 1 N–H and O–H groups in total. The smallest absolute Gasteiger partial charge is 0.310 e. The molecule has 2 atom stereocenters. The minimum Gasteiger partial charge on any atom is -0.469 e. The Balaban J connectivity index is 2.14. The standard InChI is InChI=1S/C13H17NO4S/c1-18-13(15)11-8-5-9-12(11)14-19(16,17)10-6-3-2-4-7-10/h2-4,6-7,11-12,14H,5,8-9H2,1H3/t11-,12+/m0/s1. The Hall–Kier alpha value is -1.40. The van der Waals surface area contributed by atoms with E-state index in [9.17, 15) is 13.2 Å². The van der Waals surface area contributed by atoms with E-state index >= 15 is 0 Å². The fraction of sp³-hybridized carbons (Fsp3) is 0.462. The van der Waals surface area contributed by atoms with Crippen molar-refractivity contribution in [1.82, 2.24) is 4.72 Å². The monoisotopic (exact) mass is 283 g/mol. The summed E-state index contributed by atoms with van der Waals surface area (Å²) in [6.45, 7) is 0. The summed E-state index contributed by atoms with van der Waals surface area (Å²) in [4.78, 5) is 11.8. The number of hydrogen-bond acceptors (Lipinski definition) is 4. The summed E-state index contributed by atoms with van der Waals surface area (Å²) < 4.78 is 31.7. The van der Waals surface area contributed by atoms with E-state index < -0.39 is 10.0 Å². The molecule has 0 bridgehead atoms. The highest BCUT2D eigenvalue weighted by Crippen LogP contribution is 2.28. The number of sulfonamides is 1. The maximum absolute atomic E-state index is 12.2. The zero-order valence-corrected chi connectivity index (χ0v) is 11.5. The van der Waals surface area contributed by atoms with Gasteiger partial charge < -0.3 is 4.74 Å². The van der Waals surface area contributed by atoms with Crippen LogP contribution in [-0.4, -0.2) is 27.5 Å². The predicted molar refractivity (Wildman–Crippen MR) is 69.9 cm³/mol. The molecule has 1 fully saturated rings.